The van der Waals surface area contributed by atoms with Gasteiger partial charge in [0.15, 0.2) is 29.7 Å². The fourth-order valence-corrected chi connectivity index (χ4v) is 5.03. The lowest BCUT2D eigenvalue weighted by Gasteiger charge is -2.45. The SMILES string of the molecule is COc1cc(O)c2c(=O)c(O[C@@H]3O[C@H](CO)[C@@H](O)[C@H](O)[C@@H]3O[C@@H]3O[C@H](C)[C@H](O)[C@@H](O)[C@@H]3O)c(-c3ccc(O)c(O)c3)oc2c1. The predicted molar refractivity (Wildman–Crippen MR) is 145 cm³/mol. The first-order chi connectivity index (χ1) is 20.9. The molecule has 2 aliphatic heterocycles. The molecule has 3 heterocycles. The van der Waals surface area contributed by atoms with Crippen LogP contribution in [0.2, 0.25) is 0 Å². The monoisotopic (exact) mass is 624 g/mol. The molecule has 0 saturated carbocycles. The minimum Gasteiger partial charge on any atom is -0.507 e. The number of methoxy groups -OCH3 is 1. The van der Waals surface area contributed by atoms with Gasteiger partial charge in [-0.1, -0.05) is 0 Å². The average Bonchev–Trinajstić information content (AvgIpc) is 3.00. The zero-order valence-electron chi connectivity index (χ0n) is 23.3. The van der Waals surface area contributed by atoms with Crippen molar-refractivity contribution >= 4 is 11.0 Å². The van der Waals surface area contributed by atoms with Gasteiger partial charge in [-0.05, 0) is 25.1 Å². The molecule has 0 unspecified atom stereocenters. The van der Waals surface area contributed by atoms with Crippen LogP contribution in [0.25, 0.3) is 22.3 Å². The van der Waals surface area contributed by atoms with Crippen LogP contribution in [-0.4, -0.2) is 121 Å². The van der Waals surface area contributed by atoms with Gasteiger partial charge in [-0.3, -0.25) is 4.79 Å². The Morgan fingerprint density at radius 2 is 1.55 bits per heavy atom. The minimum absolute atomic E-state index is 0.00106. The lowest BCUT2D eigenvalue weighted by molar-refractivity contribution is -0.354. The number of aliphatic hydroxyl groups excluding tert-OH is 6. The first-order valence-corrected chi connectivity index (χ1v) is 13.4. The quantitative estimate of drug-likeness (QED) is 0.137. The van der Waals surface area contributed by atoms with Crippen LogP contribution in [0.1, 0.15) is 6.92 Å². The molecule has 9 N–H and O–H groups in total. The van der Waals surface area contributed by atoms with Crippen LogP contribution in [0.5, 0.6) is 28.7 Å². The number of phenols is 3. The number of hydrogen-bond acceptors (Lipinski definition) is 16. The van der Waals surface area contributed by atoms with E-state index < -0.39 is 96.4 Å². The summed E-state index contributed by atoms with van der Waals surface area (Å²) >= 11 is 0. The first kappa shape index (κ1) is 31.7. The Labute approximate surface area is 248 Å². The van der Waals surface area contributed by atoms with Crippen LogP contribution in [0.4, 0.5) is 0 Å². The zero-order valence-corrected chi connectivity index (χ0v) is 23.3. The number of fused-ring (bicyclic) bond motifs is 1. The first-order valence-electron chi connectivity index (χ1n) is 13.4. The van der Waals surface area contributed by atoms with Crippen molar-refractivity contribution in [2.75, 3.05) is 13.7 Å². The van der Waals surface area contributed by atoms with Gasteiger partial charge in [-0.15, -0.1) is 0 Å². The van der Waals surface area contributed by atoms with E-state index in [0.29, 0.717) is 0 Å². The van der Waals surface area contributed by atoms with Crippen molar-refractivity contribution < 1.29 is 74.1 Å². The molecule has 16 heteroatoms. The molecule has 2 aliphatic rings. The van der Waals surface area contributed by atoms with Gasteiger partial charge in [0.05, 0.1) is 19.8 Å². The summed E-state index contributed by atoms with van der Waals surface area (Å²) < 4.78 is 33.7. The number of phenolic OH excluding ortho intramolecular Hbond substituents is 3. The zero-order chi connectivity index (χ0) is 32.0. The van der Waals surface area contributed by atoms with E-state index in [-0.39, 0.29) is 28.0 Å². The van der Waals surface area contributed by atoms with Crippen LogP contribution in [-0.2, 0) is 14.2 Å². The molecule has 240 valence electrons. The summed E-state index contributed by atoms with van der Waals surface area (Å²) in [7, 11) is 1.32. The second-order valence-electron chi connectivity index (χ2n) is 10.4. The largest absolute Gasteiger partial charge is 0.507 e. The van der Waals surface area contributed by atoms with Crippen LogP contribution in [0, 0.1) is 0 Å². The van der Waals surface area contributed by atoms with Crippen molar-refractivity contribution in [1.82, 2.24) is 0 Å². The minimum atomic E-state index is -1.90. The Kier molecular flexibility index (Phi) is 8.90. The van der Waals surface area contributed by atoms with Gasteiger partial charge in [0, 0.05) is 17.7 Å². The molecule has 0 aliphatic carbocycles. The van der Waals surface area contributed by atoms with E-state index in [0.717, 1.165) is 18.2 Å². The number of aromatic hydroxyl groups is 3. The standard InChI is InChI=1S/C28H32O16/c1-9-18(33)21(36)23(38)27(40-9)44-26-22(37)19(34)16(8-29)42-28(26)43-25-20(35)17-14(32)6-11(39-2)7-15(17)41-24(25)10-3-4-12(30)13(31)5-10/h3-7,9,16,18-19,21-23,26-34,36-38H,8H2,1-2H3/t9-,16-,18+,19-,21-,22+,23+,26+,27+,28+/m1/s1. The number of hydrogen-bond donors (Lipinski definition) is 9. The van der Waals surface area contributed by atoms with E-state index in [2.05, 4.69) is 0 Å². The molecular weight excluding hydrogens is 592 g/mol. The third-order valence-electron chi connectivity index (χ3n) is 7.54. The number of benzene rings is 2. The topological polar surface area (TPSA) is 258 Å². The van der Waals surface area contributed by atoms with Crippen LogP contribution in [0.3, 0.4) is 0 Å². The number of aliphatic hydroxyl groups is 6. The molecule has 0 radical (unpaired) electrons. The maximum Gasteiger partial charge on any atom is 0.239 e. The molecule has 3 aromatic rings. The summed E-state index contributed by atoms with van der Waals surface area (Å²) in [5, 5.41) is 92.3. The Morgan fingerprint density at radius 3 is 2.20 bits per heavy atom. The molecule has 16 nitrogen and oxygen atoms in total. The Morgan fingerprint density at radius 1 is 0.818 bits per heavy atom. The van der Waals surface area contributed by atoms with Crippen molar-refractivity contribution in [2.45, 2.75) is 68.3 Å². The lowest BCUT2D eigenvalue weighted by atomic mass is 9.97. The van der Waals surface area contributed by atoms with Crippen LogP contribution < -0.4 is 14.9 Å². The van der Waals surface area contributed by atoms with E-state index in [1.54, 1.807) is 0 Å². The molecule has 5 rings (SSSR count). The van der Waals surface area contributed by atoms with Gasteiger partial charge >= 0.3 is 0 Å². The normalized spacial score (nSPS) is 32.5. The highest BCUT2D eigenvalue weighted by Gasteiger charge is 2.51. The summed E-state index contributed by atoms with van der Waals surface area (Å²) in [5.41, 5.74) is -1.14. The van der Waals surface area contributed by atoms with Gasteiger partial charge in [-0.25, -0.2) is 0 Å². The van der Waals surface area contributed by atoms with E-state index in [4.69, 9.17) is 28.1 Å². The van der Waals surface area contributed by atoms with Crippen molar-refractivity contribution in [3.63, 3.8) is 0 Å². The predicted octanol–water partition coefficient (Wildman–Crippen LogP) is -1.38. The third-order valence-corrected chi connectivity index (χ3v) is 7.54. The van der Waals surface area contributed by atoms with Crippen molar-refractivity contribution in [2.24, 2.45) is 0 Å². The molecular formula is C28H32O16. The fraction of sp³-hybridized carbons (Fsp3) is 0.464. The highest BCUT2D eigenvalue weighted by molar-refractivity contribution is 5.88. The van der Waals surface area contributed by atoms with E-state index in [1.165, 1.54) is 26.2 Å². The number of ether oxygens (including phenoxy) is 5. The van der Waals surface area contributed by atoms with Crippen LogP contribution in [0.15, 0.2) is 39.5 Å². The van der Waals surface area contributed by atoms with E-state index in [9.17, 15) is 50.8 Å². The Bertz CT molecular complexity index is 1560. The second-order valence-corrected chi connectivity index (χ2v) is 10.4. The molecule has 0 bridgehead atoms. The Balaban J connectivity index is 1.63. The molecule has 2 aromatic carbocycles. The fourth-order valence-electron chi connectivity index (χ4n) is 5.03. The van der Waals surface area contributed by atoms with Gasteiger partial charge in [0.2, 0.25) is 17.5 Å². The van der Waals surface area contributed by atoms with Crippen molar-refractivity contribution in [3.8, 4) is 40.1 Å². The molecule has 2 saturated heterocycles. The highest BCUT2D eigenvalue weighted by atomic mass is 16.8. The maximum absolute atomic E-state index is 13.9. The average molecular weight is 625 g/mol. The summed E-state index contributed by atoms with van der Waals surface area (Å²) in [6.45, 7) is 0.566. The maximum atomic E-state index is 13.9. The number of rotatable bonds is 7. The second kappa shape index (κ2) is 12.4. The van der Waals surface area contributed by atoms with E-state index >= 15 is 0 Å². The summed E-state index contributed by atoms with van der Waals surface area (Å²) in [4.78, 5) is 13.9. The third kappa shape index (κ3) is 5.63. The molecule has 0 spiro atoms. The molecule has 0 amide bonds. The molecule has 1 aromatic heterocycles. The Hall–Kier alpha value is -3.71. The highest BCUT2D eigenvalue weighted by Crippen LogP contribution is 2.40. The summed E-state index contributed by atoms with van der Waals surface area (Å²) in [6, 6.07) is 5.88. The van der Waals surface area contributed by atoms with E-state index in [1.807, 2.05) is 0 Å². The van der Waals surface area contributed by atoms with Gasteiger partial charge in [-0.2, -0.15) is 0 Å². The smallest absolute Gasteiger partial charge is 0.239 e. The van der Waals surface area contributed by atoms with Crippen LogP contribution >= 0.6 is 0 Å². The van der Waals surface area contributed by atoms with Crippen molar-refractivity contribution in [3.05, 3.63) is 40.6 Å². The summed E-state index contributed by atoms with van der Waals surface area (Å²) in [5.74, 6) is -2.51. The van der Waals surface area contributed by atoms with Crippen molar-refractivity contribution in [1.29, 1.82) is 0 Å². The van der Waals surface area contributed by atoms with Gasteiger partial charge in [0.25, 0.3) is 0 Å². The van der Waals surface area contributed by atoms with Gasteiger partial charge in [0.1, 0.15) is 59.1 Å². The summed E-state index contributed by atoms with van der Waals surface area (Å²) in [6.07, 6.45) is -16.5. The molecule has 44 heavy (non-hydrogen) atoms. The lowest BCUT2D eigenvalue weighted by Crippen LogP contribution is -2.64. The molecule has 10 atom stereocenters. The van der Waals surface area contributed by atoms with Gasteiger partial charge < -0.3 is 74.1 Å². The molecule has 2 fully saturated rings.